The Hall–Kier alpha value is -4.75. The van der Waals surface area contributed by atoms with Crippen molar-refractivity contribution in [3.8, 4) is 11.3 Å². The first-order valence-electron chi connectivity index (χ1n) is 12.4. The first-order valence-corrected chi connectivity index (χ1v) is 12.4. The summed E-state index contributed by atoms with van der Waals surface area (Å²) < 4.78 is 133. The number of nitrogens with zero attached hydrogens (tertiary/aromatic N) is 4. The molecule has 3 aromatic heterocycles. The number of ether oxygens (including phenoxy) is 1. The Morgan fingerprint density at radius 1 is 0.956 bits per heavy atom. The van der Waals surface area contributed by atoms with Crippen LogP contribution in [0.15, 0.2) is 40.3 Å². The summed E-state index contributed by atoms with van der Waals surface area (Å²) in [6.07, 6.45) is -5.72. The molecule has 0 fully saturated rings. The molecular formula is C25H21F10N7O3. The highest BCUT2D eigenvalue weighted by atomic mass is 19.4. The largest absolute Gasteiger partial charge is 0.437 e. The number of nitrogens with one attached hydrogen (secondary N) is 1. The Labute approximate surface area is 244 Å². The van der Waals surface area contributed by atoms with E-state index in [4.69, 9.17) is 11.5 Å². The lowest BCUT2D eigenvalue weighted by molar-refractivity contribution is -0.140. The van der Waals surface area contributed by atoms with E-state index in [-0.39, 0.29) is 18.5 Å². The van der Waals surface area contributed by atoms with E-state index in [0.29, 0.717) is 25.5 Å². The number of nitrogen functional groups attached to an aromatic ring is 2. The lowest BCUT2D eigenvalue weighted by Gasteiger charge is -2.12. The Morgan fingerprint density at radius 2 is 1.64 bits per heavy atom. The SMILES string of the molecule is Nc1cn[nH]c(=O)c1C(F)(F)F.Nc1nc(-c2cc3ccn(CCCCCOC(F)F)c(=O)c3c(F)c2F)cnc1C(F)(F)F. The van der Waals surface area contributed by atoms with Crippen LogP contribution in [0.25, 0.3) is 22.0 Å². The van der Waals surface area contributed by atoms with Crippen molar-refractivity contribution in [2.24, 2.45) is 0 Å². The van der Waals surface area contributed by atoms with Crippen molar-refractivity contribution < 1.29 is 48.6 Å². The normalized spacial score (nSPS) is 12.0. The van der Waals surface area contributed by atoms with Crippen molar-refractivity contribution >= 4 is 22.3 Å². The number of pyridine rings is 1. The van der Waals surface area contributed by atoms with Gasteiger partial charge in [0.15, 0.2) is 23.1 Å². The van der Waals surface area contributed by atoms with Crippen LogP contribution in [-0.2, 0) is 23.6 Å². The fraction of sp³-hybridized carbons (Fsp3) is 0.320. The topological polar surface area (TPSA) is 155 Å². The predicted molar refractivity (Wildman–Crippen MR) is 139 cm³/mol. The number of rotatable bonds is 8. The summed E-state index contributed by atoms with van der Waals surface area (Å²) in [6, 6.07) is 2.40. The molecule has 0 atom stereocenters. The minimum atomic E-state index is -4.87. The van der Waals surface area contributed by atoms with Crippen molar-refractivity contribution in [3.63, 3.8) is 0 Å². The molecule has 20 heteroatoms. The van der Waals surface area contributed by atoms with Gasteiger partial charge in [-0.1, -0.05) is 0 Å². The molecule has 4 aromatic rings. The highest BCUT2D eigenvalue weighted by Crippen LogP contribution is 2.34. The molecule has 244 valence electrons. The zero-order valence-corrected chi connectivity index (χ0v) is 22.4. The Bertz CT molecular complexity index is 1770. The molecule has 0 radical (unpaired) electrons. The van der Waals surface area contributed by atoms with Gasteiger partial charge in [0, 0.05) is 18.3 Å². The van der Waals surface area contributed by atoms with Crippen molar-refractivity contribution in [1.82, 2.24) is 24.7 Å². The number of nitrogens with two attached hydrogens (primary N) is 2. The monoisotopic (exact) mass is 657 g/mol. The van der Waals surface area contributed by atoms with Crippen LogP contribution in [0.2, 0.25) is 0 Å². The number of benzene rings is 1. The maximum absolute atomic E-state index is 14.8. The van der Waals surface area contributed by atoms with Crippen molar-refractivity contribution in [1.29, 1.82) is 0 Å². The molecule has 0 aliphatic rings. The van der Waals surface area contributed by atoms with Crippen LogP contribution >= 0.6 is 0 Å². The van der Waals surface area contributed by atoms with Crippen molar-refractivity contribution in [2.75, 3.05) is 18.1 Å². The number of aryl methyl sites for hydroxylation is 1. The van der Waals surface area contributed by atoms with Crippen LogP contribution in [-0.4, -0.2) is 38.0 Å². The second kappa shape index (κ2) is 13.9. The molecule has 0 aliphatic carbocycles. The highest BCUT2D eigenvalue weighted by molar-refractivity contribution is 5.87. The van der Waals surface area contributed by atoms with Gasteiger partial charge in [-0.05, 0) is 36.8 Å². The molecule has 0 saturated heterocycles. The molecule has 0 amide bonds. The zero-order chi connectivity index (χ0) is 33.7. The summed E-state index contributed by atoms with van der Waals surface area (Å²) in [5.74, 6) is -3.99. The van der Waals surface area contributed by atoms with Crippen molar-refractivity contribution in [3.05, 3.63) is 74.3 Å². The summed E-state index contributed by atoms with van der Waals surface area (Å²) in [5, 5.41) is 4.18. The van der Waals surface area contributed by atoms with Gasteiger partial charge in [0.25, 0.3) is 11.1 Å². The van der Waals surface area contributed by atoms with Gasteiger partial charge in [-0.2, -0.15) is 40.2 Å². The second-order valence-corrected chi connectivity index (χ2v) is 9.04. The van der Waals surface area contributed by atoms with Crippen LogP contribution in [0.3, 0.4) is 0 Å². The maximum atomic E-state index is 14.8. The quantitative estimate of drug-likeness (QED) is 0.174. The van der Waals surface area contributed by atoms with Gasteiger partial charge < -0.3 is 20.8 Å². The standard InChI is InChI=1S/C20H17F7N4O2.C5H4F3N3O/c21-14-11(12-9-29-16(17(28)30-12)20(25,26)27)8-10-4-6-31(18(32)13(10)15(14)22)5-2-1-3-7-33-19(23)24;6-5(7,8)3-2(9)1-10-11-4(3)12/h4,6,8-9,19H,1-3,5,7H2,(H2,28,30);1H,(H3,9,11,12). The molecule has 4 rings (SSSR count). The van der Waals surface area contributed by atoms with Gasteiger partial charge in [0.2, 0.25) is 0 Å². The average Bonchev–Trinajstić information content (AvgIpc) is 2.92. The number of aromatic amines is 1. The molecule has 0 aliphatic heterocycles. The Morgan fingerprint density at radius 3 is 2.20 bits per heavy atom. The Balaban J connectivity index is 0.000000385. The molecule has 5 N–H and O–H groups in total. The van der Waals surface area contributed by atoms with Gasteiger partial charge in [-0.3, -0.25) is 9.59 Å². The van der Waals surface area contributed by atoms with Crippen molar-refractivity contribution in [2.45, 2.75) is 44.8 Å². The van der Waals surface area contributed by atoms with E-state index in [9.17, 15) is 53.5 Å². The summed E-state index contributed by atoms with van der Waals surface area (Å²) in [7, 11) is 0. The van der Waals surface area contributed by atoms with Gasteiger partial charge in [-0.25, -0.2) is 23.8 Å². The Kier molecular flexibility index (Phi) is 10.7. The predicted octanol–water partition coefficient (Wildman–Crippen LogP) is 5.12. The fourth-order valence-corrected chi connectivity index (χ4v) is 3.93. The van der Waals surface area contributed by atoms with Crippen LogP contribution in [0.1, 0.15) is 30.5 Å². The molecule has 10 nitrogen and oxygen atoms in total. The molecular weight excluding hydrogens is 636 g/mol. The first kappa shape index (κ1) is 34.7. The number of H-pyrrole nitrogens is 1. The molecule has 1 aromatic carbocycles. The summed E-state index contributed by atoms with van der Waals surface area (Å²) >= 11 is 0. The molecule has 0 saturated carbocycles. The molecule has 45 heavy (non-hydrogen) atoms. The fourth-order valence-electron chi connectivity index (χ4n) is 3.93. The van der Waals surface area contributed by atoms with E-state index in [1.807, 2.05) is 0 Å². The first-order chi connectivity index (χ1) is 20.9. The minimum absolute atomic E-state index is 0.00393. The zero-order valence-electron chi connectivity index (χ0n) is 22.4. The van der Waals surface area contributed by atoms with Crippen LogP contribution in [0.4, 0.5) is 55.4 Å². The number of halogens is 10. The minimum Gasteiger partial charge on any atom is -0.397 e. The number of unbranched alkanes of at least 4 members (excludes halogenated alkanes) is 2. The smallest absolute Gasteiger partial charge is 0.397 e. The summed E-state index contributed by atoms with van der Waals surface area (Å²) in [4.78, 5) is 29.8. The number of fused-ring (bicyclic) bond motifs is 1. The number of hydrogen-bond donors (Lipinski definition) is 3. The number of aromatic nitrogens is 5. The van der Waals surface area contributed by atoms with E-state index < -0.39 is 81.1 Å². The van der Waals surface area contributed by atoms with E-state index in [1.54, 1.807) is 5.10 Å². The van der Waals surface area contributed by atoms with Crippen LogP contribution < -0.4 is 22.6 Å². The molecule has 3 heterocycles. The second-order valence-electron chi connectivity index (χ2n) is 9.04. The van der Waals surface area contributed by atoms with Gasteiger partial charge in [-0.15, -0.1) is 0 Å². The van der Waals surface area contributed by atoms with E-state index >= 15 is 0 Å². The third-order valence-corrected chi connectivity index (χ3v) is 5.95. The van der Waals surface area contributed by atoms with Gasteiger partial charge in [0.05, 0.1) is 35.8 Å². The highest BCUT2D eigenvalue weighted by Gasteiger charge is 2.37. The summed E-state index contributed by atoms with van der Waals surface area (Å²) in [6.45, 7) is -2.88. The molecule has 0 spiro atoms. The third kappa shape index (κ3) is 8.46. The lowest BCUT2D eigenvalue weighted by Crippen LogP contribution is -2.24. The number of alkyl halides is 8. The van der Waals surface area contributed by atoms with Crippen LogP contribution in [0, 0.1) is 11.6 Å². The lowest BCUT2D eigenvalue weighted by atomic mass is 10.0. The van der Waals surface area contributed by atoms with Crippen LogP contribution in [0.5, 0.6) is 0 Å². The maximum Gasteiger partial charge on any atom is 0.437 e. The van der Waals surface area contributed by atoms with E-state index in [2.05, 4.69) is 19.8 Å². The van der Waals surface area contributed by atoms with E-state index in [1.165, 1.54) is 12.3 Å². The van der Waals surface area contributed by atoms with Gasteiger partial charge >= 0.3 is 19.0 Å². The molecule has 0 bridgehead atoms. The average molecular weight is 657 g/mol. The summed E-state index contributed by atoms with van der Waals surface area (Å²) in [5.41, 5.74) is 3.54. The number of hydrogen-bond acceptors (Lipinski definition) is 8. The number of anilines is 2. The molecule has 0 unspecified atom stereocenters. The van der Waals surface area contributed by atoms with Gasteiger partial charge in [0.1, 0.15) is 5.56 Å². The third-order valence-electron chi connectivity index (χ3n) is 5.95. The van der Waals surface area contributed by atoms with E-state index in [0.717, 1.165) is 16.8 Å².